The van der Waals surface area contributed by atoms with Gasteiger partial charge in [-0.2, -0.15) is 0 Å². The van der Waals surface area contributed by atoms with Gasteiger partial charge in [0.2, 0.25) is 0 Å². The van der Waals surface area contributed by atoms with Crippen molar-refractivity contribution in [2.45, 2.75) is 91.4 Å². The fourth-order valence-corrected chi connectivity index (χ4v) is 4.52. The molecule has 1 N–H and O–H groups in total. The first-order valence-electron chi connectivity index (χ1n) is 15.1. The first-order chi connectivity index (χ1) is 19.5. The van der Waals surface area contributed by atoms with Crippen LogP contribution >= 0.6 is 0 Å². The number of ketones is 1. The second-order valence-electron chi connectivity index (χ2n) is 10.5. The molecule has 0 heterocycles. The van der Waals surface area contributed by atoms with Crippen molar-refractivity contribution in [3.63, 3.8) is 0 Å². The number of carboxylic acid groups (broad SMARTS) is 1. The number of unbranched alkanes of at least 4 members (excludes halogenated alkanes) is 8. The highest BCUT2D eigenvalue weighted by Crippen LogP contribution is 2.22. The van der Waals surface area contributed by atoms with Crippen molar-refractivity contribution in [2.75, 3.05) is 6.61 Å². The Kier molecular flexibility index (Phi) is 16.1. The summed E-state index contributed by atoms with van der Waals surface area (Å²) in [6.45, 7) is 7.19. The molecular formula is C36H48O4. The van der Waals surface area contributed by atoms with Crippen LogP contribution in [0.2, 0.25) is 0 Å². The SMILES string of the molecule is CCCCCCC(C)C(=O)c1ccc(-c2ccccc2)cc1.CCCCCCCCOc1ccc(C(=O)O)cc1. The van der Waals surface area contributed by atoms with Gasteiger partial charge in [-0.25, -0.2) is 4.79 Å². The van der Waals surface area contributed by atoms with E-state index < -0.39 is 5.97 Å². The monoisotopic (exact) mass is 544 g/mol. The molecule has 216 valence electrons. The minimum Gasteiger partial charge on any atom is -0.494 e. The molecule has 1 atom stereocenters. The molecule has 0 bridgehead atoms. The maximum absolute atomic E-state index is 12.5. The van der Waals surface area contributed by atoms with Crippen LogP contribution in [0.1, 0.15) is 112 Å². The van der Waals surface area contributed by atoms with E-state index in [4.69, 9.17) is 9.84 Å². The summed E-state index contributed by atoms with van der Waals surface area (Å²) in [5, 5.41) is 8.75. The van der Waals surface area contributed by atoms with E-state index in [0.717, 1.165) is 36.1 Å². The van der Waals surface area contributed by atoms with Gasteiger partial charge in [0.15, 0.2) is 5.78 Å². The fraction of sp³-hybridized carbons (Fsp3) is 0.444. The standard InChI is InChI=1S/C21H26O.C15H22O3/c1-3-4-5-7-10-17(2)21(22)20-15-13-19(14-16-20)18-11-8-6-9-12-18;1-2-3-4-5-6-7-12-18-14-10-8-13(9-11-14)15(16)17/h6,8-9,11-17H,3-5,7,10H2,1-2H3;8-11H,2-7,12H2,1H3,(H,16,17). The highest BCUT2D eigenvalue weighted by atomic mass is 16.5. The molecule has 4 heteroatoms. The molecule has 3 rings (SSSR count). The molecule has 1 unspecified atom stereocenters. The van der Waals surface area contributed by atoms with Crippen LogP contribution in [0.3, 0.4) is 0 Å². The Hall–Kier alpha value is -3.40. The third-order valence-corrected chi connectivity index (χ3v) is 7.08. The van der Waals surface area contributed by atoms with Crippen LogP contribution in [-0.2, 0) is 0 Å². The quantitative estimate of drug-likeness (QED) is 0.136. The minimum atomic E-state index is -0.905. The van der Waals surface area contributed by atoms with Crippen molar-refractivity contribution in [3.8, 4) is 16.9 Å². The molecule has 4 nitrogen and oxygen atoms in total. The molecule has 40 heavy (non-hydrogen) atoms. The first kappa shape index (κ1) is 32.8. The normalized spacial score (nSPS) is 11.3. The van der Waals surface area contributed by atoms with Crippen LogP contribution in [0.5, 0.6) is 5.75 Å². The van der Waals surface area contributed by atoms with Crippen LogP contribution in [0.4, 0.5) is 0 Å². The molecule has 0 saturated heterocycles. The Bertz CT molecular complexity index is 1090. The predicted molar refractivity (Wildman–Crippen MR) is 166 cm³/mol. The van der Waals surface area contributed by atoms with E-state index in [1.165, 1.54) is 56.9 Å². The van der Waals surface area contributed by atoms with Crippen LogP contribution in [0, 0.1) is 5.92 Å². The van der Waals surface area contributed by atoms with Gasteiger partial charge in [-0.05, 0) is 48.2 Å². The van der Waals surface area contributed by atoms with Crippen molar-refractivity contribution in [3.05, 3.63) is 90.0 Å². The predicted octanol–water partition coefficient (Wildman–Crippen LogP) is 10.3. The van der Waals surface area contributed by atoms with E-state index in [0.29, 0.717) is 12.2 Å². The number of carbonyl (C=O) groups excluding carboxylic acids is 1. The van der Waals surface area contributed by atoms with Crippen molar-refractivity contribution in [1.29, 1.82) is 0 Å². The van der Waals surface area contributed by atoms with Crippen LogP contribution < -0.4 is 4.74 Å². The van der Waals surface area contributed by atoms with Crippen LogP contribution in [0.15, 0.2) is 78.9 Å². The average Bonchev–Trinajstić information content (AvgIpc) is 2.99. The lowest BCUT2D eigenvalue weighted by Gasteiger charge is -2.11. The molecule has 0 aromatic heterocycles. The third-order valence-electron chi connectivity index (χ3n) is 7.08. The lowest BCUT2D eigenvalue weighted by atomic mass is 9.93. The molecule has 0 radical (unpaired) electrons. The molecule has 0 fully saturated rings. The lowest BCUT2D eigenvalue weighted by molar-refractivity contribution is 0.0696. The highest BCUT2D eigenvalue weighted by molar-refractivity contribution is 5.98. The summed E-state index contributed by atoms with van der Waals surface area (Å²) >= 11 is 0. The summed E-state index contributed by atoms with van der Waals surface area (Å²) in [5.74, 6) is 0.238. The summed E-state index contributed by atoms with van der Waals surface area (Å²) in [6, 6.07) is 24.8. The summed E-state index contributed by atoms with van der Waals surface area (Å²) in [5.41, 5.74) is 3.48. The van der Waals surface area contributed by atoms with Gasteiger partial charge in [0, 0.05) is 11.5 Å². The van der Waals surface area contributed by atoms with Crippen molar-refractivity contribution in [2.24, 2.45) is 5.92 Å². The molecule has 3 aromatic carbocycles. The molecule has 0 aliphatic rings. The van der Waals surface area contributed by atoms with Gasteiger partial charge in [0.05, 0.1) is 12.2 Å². The van der Waals surface area contributed by atoms with Gasteiger partial charge in [0.25, 0.3) is 0 Å². The molecule has 0 saturated carbocycles. The van der Waals surface area contributed by atoms with Crippen molar-refractivity contribution >= 4 is 11.8 Å². The molecular weight excluding hydrogens is 496 g/mol. The third kappa shape index (κ3) is 12.6. The molecule has 0 spiro atoms. The number of aromatic carboxylic acids is 1. The smallest absolute Gasteiger partial charge is 0.335 e. The number of carbonyl (C=O) groups is 2. The average molecular weight is 545 g/mol. The van der Waals surface area contributed by atoms with E-state index in [-0.39, 0.29) is 11.7 Å². The maximum Gasteiger partial charge on any atom is 0.335 e. The molecule has 0 aliphatic carbocycles. The topological polar surface area (TPSA) is 63.6 Å². The largest absolute Gasteiger partial charge is 0.494 e. The van der Waals surface area contributed by atoms with Gasteiger partial charge < -0.3 is 9.84 Å². The van der Waals surface area contributed by atoms with Gasteiger partial charge in [-0.3, -0.25) is 4.79 Å². The number of rotatable bonds is 17. The number of hydrogen-bond donors (Lipinski definition) is 1. The summed E-state index contributed by atoms with van der Waals surface area (Å²) in [7, 11) is 0. The van der Waals surface area contributed by atoms with Crippen molar-refractivity contribution < 1.29 is 19.4 Å². The zero-order chi connectivity index (χ0) is 29.0. The Morgan fingerprint density at radius 3 is 1.77 bits per heavy atom. The molecule has 0 aliphatic heterocycles. The molecule has 3 aromatic rings. The number of carboxylic acids is 1. The Morgan fingerprint density at radius 1 is 0.650 bits per heavy atom. The number of hydrogen-bond acceptors (Lipinski definition) is 3. The van der Waals surface area contributed by atoms with Gasteiger partial charge in [0.1, 0.15) is 5.75 Å². The summed E-state index contributed by atoms with van der Waals surface area (Å²) in [6.07, 6.45) is 13.3. The lowest BCUT2D eigenvalue weighted by Crippen LogP contribution is -2.11. The highest BCUT2D eigenvalue weighted by Gasteiger charge is 2.14. The summed E-state index contributed by atoms with van der Waals surface area (Å²) in [4.78, 5) is 23.1. The first-order valence-corrected chi connectivity index (χ1v) is 15.1. The van der Waals surface area contributed by atoms with Crippen molar-refractivity contribution in [1.82, 2.24) is 0 Å². The second kappa shape index (κ2) is 19.6. The Balaban J connectivity index is 0.000000286. The zero-order valence-corrected chi connectivity index (χ0v) is 24.7. The molecule has 0 amide bonds. The minimum absolute atomic E-state index is 0.124. The van der Waals surface area contributed by atoms with E-state index in [2.05, 4.69) is 32.9 Å². The van der Waals surface area contributed by atoms with E-state index in [1.54, 1.807) is 24.3 Å². The zero-order valence-electron chi connectivity index (χ0n) is 24.7. The van der Waals surface area contributed by atoms with E-state index >= 15 is 0 Å². The number of ether oxygens (including phenoxy) is 1. The van der Waals surface area contributed by atoms with Crippen LogP contribution in [0.25, 0.3) is 11.1 Å². The van der Waals surface area contributed by atoms with Gasteiger partial charge >= 0.3 is 5.97 Å². The number of benzene rings is 3. The maximum atomic E-state index is 12.5. The Morgan fingerprint density at radius 2 is 1.18 bits per heavy atom. The fourth-order valence-electron chi connectivity index (χ4n) is 4.52. The Labute approximate surface area is 241 Å². The van der Waals surface area contributed by atoms with Gasteiger partial charge in [-0.1, -0.05) is 133 Å². The summed E-state index contributed by atoms with van der Waals surface area (Å²) < 4.78 is 5.55. The second-order valence-corrected chi connectivity index (χ2v) is 10.5. The number of Topliss-reactive ketones (excluding diaryl/α,β-unsaturated/α-hetero) is 1. The van der Waals surface area contributed by atoms with Crippen LogP contribution in [-0.4, -0.2) is 23.5 Å². The van der Waals surface area contributed by atoms with E-state index in [9.17, 15) is 9.59 Å². The van der Waals surface area contributed by atoms with Gasteiger partial charge in [-0.15, -0.1) is 0 Å². The van der Waals surface area contributed by atoms with E-state index in [1.807, 2.05) is 42.5 Å².